The van der Waals surface area contributed by atoms with Gasteiger partial charge in [-0.25, -0.2) is 14.6 Å². The van der Waals surface area contributed by atoms with Crippen LogP contribution in [-0.4, -0.2) is 89.9 Å². The van der Waals surface area contributed by atoms with Crippen molar-refractivity contribution in [3.05, 3.63) is 71.0 Å². The van der Waals surface area contributed by atoms with Gasteiger partial charge in [-0.05, 0) is 49.6 Å². The Morgan fingerprint density at radius 1 is 1.10 bits per heavy atom. The van der Waals surface area contributed by atoms with Crippen molar-refractivity contribution >= 4 is 40.7 Å². The van der Waals surface area contributed by atoms with E-state index in [0.29, 0.717) is 44.6 Å². The van der Waals surface area contributed by atoms with Crippen molar-refractivity contribution in [1.29, 1.82) is 0 Å². The predicted molar refractivity (Wildman–Crippen MR) is 172 cm³/mol. The Kier molecular flexibility index (Phi) is 9.32. The number of imidazole rings is 1. The second-order valence-electron chi connectivity index (χ2n) is 11.9. The van der Waals surface area contributed by atoms with E-state index in [-0.39, 0.29) is 57.0 Å². The van der Waals surface area contributed by atoms with E-state index in [1.807, 2.05) is 0 Å². The molecule has 5 heterocycles. The number of anilines is 2. The smallest absolute Gasteiger partial charge is 0.397 e. The summed E-state index contributed by atoms with van der Waals surface area (Å²) in [5.74, 6) is -1.28. The van der Waals surface area contributed by atoms with Crippen LogP contribution in [0.4, 0.5) is 24.5 Å². The van der Waals surface area contributed by atoms with Gasteiger partial charge in [-0.1, -0.05) is 11.6 Å². The lowest BCUT2D eigenvalue weighted by Gasteiger charge is -2.33. The van der Waals surface area contributed by atoms with E-state index in [0.717, 1.165) is 17.1 Å². The molecule has 2 fully saturated rings. The van der Waals surface area contributed by atoms with Gasteiger partial charge in [0, 0.05) is 44.6 Å². The number of carbonyl (C=O) groups excluding carboxylic acids is 3. The van der Waals surface area contributed by atoms with Gasteiger partial charge < -0.3 is 36.3 Å². The van der Waals surface area contributed by atoms with Crippen LogP contribution in [0.3, 0.4) is 0 Å². The van der Waals surface area contributed by atoms with Crippen molar-refractivity contribution in [3.8, 4) is 17.1 Å². The van der Waals surface area contributed by atoms with E-state index in [9.17, 15) is 32.7 Å². The van der Waals surface area contributed by atoms with Crippen molar-refractivity contribution in [2.45, 2.75) is 43.6 Å². The number of amides is 3. The number of hydrogen-bond acceptors (Lipinski definition) is 9. The van der Waals surface area contributed by atoms with E-state index in [2.05, 4.69) is 31.0 Å². The zero-order chi connectivity index (χ0) is 35.0. The number of nitrogen functional groups attached to an aromatic ring is 1. The summed E-state index contributed by atoms with van der Waals surface area (Å²) in [5.41, 5.74) is 4.90. The van der Waals surface area contributed by atoms with Gasteiger partial charge in [-0.3, -0.25) is 14.4 Å². The number of aliphatic hydroxyl groups is 1. The maximum atomic E-state index is 14.0. The SMILES string of the molecule is Cn1c(-c2cn(-c3ccc(N)cn3)nc2C(F)(F)F)cnc1C(=O)Nc1ccc(C(=O)N2CCC(NC(=O)[C@@H]3C[C@@H](O)CN3)CC2)c(Cl)c1. The van der Waals surface area contributed by atoms with Crippen LogP contribution in [0.5, 0.6) is 0 Å². The summed E-state index contributed by atoms with van der Waals surface area (Å²) >= 11 is 6.46. The molecule has 2 atom stereocenters. The van der Waals surface area contributed by atoms with Crippen LogP contribution in [0, 0.1) is 0 Å². The average Bonchev–Trinajstić information content (AvgIpc) is 3.80. The summed E-state index contributed by atoms with van der Waals surface area (Å²) in [5, 5.41) is 22.0. The minimum Gasteiger partial charge on any atom is -0.397 e. The molecule has 4 aromatic rings. The number of aliphatic hydroxyl groups excluding tert-OH is 1. The highest BCUT2D eigenvalue weighted by Gasteiger charge is 2.39. The topological polar surface area (TPSA) is 185 Å². The molecular weight excluding hydrogens is 669 g/mol. The molecule has 258 valence electrons. The minimum atomic E-state index is -4.82. The molecule has 1 aromatic carbocycles. The molecule has 2 aliphatic heterocycles. The third-order valence-corrected chi connectivity index (χ3v) is 8.78. The predicted octanol–water partition coefficient (Wildman–Crippen LogP) is 2.62. The first-order valence-electron chi connectivity index (χ1n) is 15.3. The second-order valence-corrected chi connectivity index (χ2v) is 12.3. The van der Waals surface area contributed by atoms with E-state index >= 15 is 0 Å². The lowest BCUT2D eigenvalue weighted by atomic mass is 10.0. The van der Waals surface area contributed by atoms with Crippen LogP contribution in [0.25, 0.3) is 17.1 Å². The van der Waals surface area contributed by atoms with Crippen molar-refractivity contribution < 1.29 is 32.7 Å². The molecule has 0 saturated carbocycles. The molecule has 14 nitrogen and oxygen atoms in total. The Hall–Kier alpha value is -5.00. The third kappa shape index (κ3) is 7.23. The number of carbonyl (C=O) groups is 3. The normalized spacial score (nSPS) is 18.4. The number of benzene rings is 1. The molecule has 6 N–H and O–H groups in total. The van der Waals surface area contributed by atoms with Gasteiger partial charge in [-0.15, -0.1) is 0 Å². The van der Waals surface area contributed by atoms with E-state index in [4.69, 9.17) is 17.3 Å². The monoisotopic (exact) mass is 700 g/mol. The molecule has 0 radical (unpaired) electrons. The number of piperidine rings is 1. The third-order valence-electron chi connectivity index (χ3n) is 8.47. The summed E-state index contributed by atoms with van der Waals surface area (Å²) in [4.78, 5) is 48.6. The van der Waals surface area contributed by atoms with Crippen molar-refractivity contribution in [2.24, 2.45) is 7.05 Å². The van der Waals surface area contributed by atoms with Gasteiger partial charge in [0.1, 0.15) is 0 Å². The maximum absolute atomic E-state index is 14.0. The van der Waals surface area contributed by atoms with Crippen LogP contribution >= 0.6 is 11.6 Å². The Balaban J connectivity index is 1.11. The average molecular weight is 701 g/mol. The summed E-state index contributed by atoms with van der Waals surface area (Å²) in [6, 6.07) is 6.73. The lowest BCUT2D eigenvalue weighted by Crippen LogP contribution is -2.50. The van der Waals surface area contributed by atoms with Crippen LogP contribution < -0.4 is 21.7 Å². The molecular formula is C31H32ClF3N10O4. The molecule has 0 aliphatic carbocycles. The highest BCUT2D eigenvalue weighted by Crippen LogP contribution is 2.37. The standard InChI is InChI=1S/C31H32ClF3N10O4/c1-43-24(21-15-45(42-26(21)31(33,34)35)25-5-2-16(36)12-38-25)14-39-27(43)29(48)41-18-3-4-20(22(32)10-18)30(49)44-8-6-17(7-9-44)40-28(47)23-11-19(46)13-37-23/h2-5,10,12,14-15,17,19,23,37,46H,6-9,11,13,36H2,1H3,(H,40,47)(H,41,48)/t19-,23+/m1/s1. The summed E-state index contributed by atoms with van der Waals surface area (Å²) in [6.45, 7) is 1.17. The zero-order valence-electron chi connectivity index (χ0n) is 26.0. The number of likely N-dealkylation sites (tertiary alicyclic amines) is 1. The molecule has 6 rings (SSSR count). The molecule has 3 amide bonds. The van der Waals surface area contributed by atoms with Crippen molar-refractivity contribution in [2.75, 3.05) is 30.7 Å². The quantitative estimate of drug-likeness (QED) is 0.193. The van der Waals surface area contributed by atoms with Crippen LogP contribution in [0.2, 0.25) is 5.02 Å². The molecule has 2 saturated heterocycles. The first-order chi connectivity index (χ1) is 23.3. The van der Waals surface area contributed by atoms with E-state index in [1.54, 1.807) is 4.90 Å². The van der Waals surface area contributed by atoms with Gasteiger partial charge in [0.05, 0.1) is 52.1 Å². The zero-order valence-corrected chi connectivity index (χ0v) is 26.8. The Labute approximate surface area is 282 Å². The first-order valence-corrected chi connectivity index (χ1v) is 15.7. The Morgan fingerprint density at radius 3 is 2.49 bits per heavy atom. The summed E-state index contributed by atoms with van der Waals surface area (Å²) in [7, 11) is 1.40. The van der Waals surface area contributed by atoms with Crippen molar-refractivity contribution in [1.82, 2.24) is 39.8 Å². The molecule has 49 heavy (non-hydrogen) atoms. The highest BCUT2D eigenvalue weighted by atomic mass is 35.5. The fourth-order valence-corrected chi connectivity index (χ4v) is 6.12. The van der Waals surface area contributed by atoms with E-state index < -0.39 is 29.9 Å². The van der Waals surface area contributed by atoms with Crippen LogP contribution in [0.15, 0.2) is 48.9 Å². The Bertz CT molecular complexity index is 1890. The summed E-state index contributed by atoms with van der Waals surface area (Å²) in [6.07, 6.45) is -0.322. The Morgan fingerprint density at radius 2 is 1.86 bits per heavy atom. The van der Waals surface area contributed by atoms with Crippen LogP contribution in [0.1, 0.15) is 45.9 Å². The molecule has 2 aliphatic rings. The van der Waals surface area contributed by atoms with Gasteiger partial charge in [-0.2, -0.15) is 18.3 Å². The second kappa shape index (κ2) is 13.5. The number of halogens is 4. The number of nitrogens with one attached hydrogen (secondary N) is 3. The lowest BCUT2D eigenvalue weighted by molar-refractivity contribution is -0.140. The largest absolute Gasteiger partial charge is 0.435 e. The van der Waals surface area contributed by atoms with Gasteiger partial charge in [0.25, 0.3) is 11.8 Å². The van der Waals surface area contributed by atoms with E-state index in [1.165, 1.54) is 48.1 Å². The number of hydrogen-bond donors (Lipinski definition) is 5. The number of nitrogens with zero attached hydrogens (tertiary/aromatic N) is 6. The molecule has 3 aromatic heterocycles. The highest BCUT2D eigenvalue weighted by molar-refractivity contribution is 6.34. The number of aromatic nitrogens is 5. The number of β-amino-alcohol motifs (C(OH)–C–C–N with tert-alkyl or cyclic N) is 1. The first kappa shape index (κ1) is 33.9. The molecule has 18 heteroatoms. The molecule has 0 spiro atoms. The van der Waals surface area contributed by atoms with Gasteiger partial charge in [0.2, 0.25) is 5.91 Å². The van der Waals surface area contributed by atoms with Crippen LogP contribution in [-0.2, 0) is 18.0 Å². The summed E-state index contributed by atoms with van der Waals surface area (Å²) < 4.78 is 44.2. The molecule has 0 unspecified atom stereocenters. The van der Waals surface area contributed by atoms with Crippen molar-refractivity contribution in [3.63, 3.8) is 0 Å². The molecule has 0 bridgehead atoms. The number of nitrogens with two attached hydrogens (primary N) is 1. The minimum absolute atomic E-state index is 0.0181. The fourth-order valence-electron chi connectivity index (χ4n) is 5.86. The maximum Gasteiger partial charge on any atom is 0.435 e. The number of alkyl halides is 3. The van der Waals surface area contributed by atoms with Gasteiger partial charge >= 0.3 is 6.18 Å². The number of rotatable bonds is 7. The number of pyridine rings is 1. The van der Waals surface area contributed by atoms with Gasteiger partial charge in [0.15, 0.2) is 17.3 Å². The fraction of sp³-hybridized carbons (Fsp3) is 0.355.